The standard InChI is InChI=1S/C12H6F4N4OS/c13-6-2-1-3-7-5(6)4-8(22-7)9(21)17-11-18-10(19-20-11)12(14,15)16/h1-4H,(H2,17,18,19,20,21). The normalized spacial score (nSPS) is 11.8. The van der Waals surface area contributed by atoms with E-state index in [-0.39, 0.29) is 10.3 Å². The molecule has 114 valence electrons. The Morgan fingerprint density at radius 3 is 2.73 bits per heavy atom. The first-order chi connectivity index (χ1) is 10.3. The molecule has 0 aliphatic rings. The SMILES string of the molecule is O=C(Nc1n[nH]c(C(F)(F)F)n1)c1cc2c(F)cccc2s1. The van der Waals surface area contributed by atoms with Crippen molar-refractivity contribution in [2.75, 3.05) is 5.32 Å². The van der Waals surface area contributed by atoms with Crippen molar-refractivity contribution in [3.63, 3.8) is 0 Å². The largest absolute Gasteiger partial charge is 0.451 e. The van der Waals surface area contributed by atoms with Crippen LogP contribution in [0.2, 0.25) is 0 Å². The van der Waals surface area contributed by atoms with Crippen LogP contribution in [0.1, 0.15) is 15.5 Å². The van der Waals surface area contributed by atoms with Gasteiger partial charge in [0.25, 0.3) is 5.91 Å². The molecule has 5 nitrogen and oxygen atoms in total. The van der Waals surface area contributed by atoms with Crippen LogP contribution in [0.15, 0.2) is 24.3 Å². The van der Waals surface area contributed by atoms with Gasteiger partial charge in [-0.1, -0.05) is 6.07 Å². The van der Waals surface area contributed by atoms with Crippen LogP contribution in [-0.4, -0.2) is 21.1 Å². The van der Waals surface area contributed by atoms with Crippen molar-refractivity contribution in [3.8, 4) is 0 Å². The van der Waals surface area contributed by atoms with Gasteiger partial charge in [-0.15, -0.1) is 16.4 Å². The molecule has 0 fully saturated rings. The molecule has 0 spiro atoms. The summed E-state index contributed by atoms with van der Waals surface area (Å²) in [7, 11) is 0. The number of H-pyrrole nitrogens is 1. The lowest BCUT2D eigenvalue weighted by Gasteiger charge is -1.99. The van der Waals surface area contributed by atoms with Crippen LogP contribution in [0.3, 0.4) is 0 Å². The number of hydrogen-bond donors (Lipinski definition) is 2. The zero-order valence-electron chi connectivity index (χ0n) is 10.5. The van der Waals surface area contributed by atoms with Crippen molar-refractivity contribution >= 4 is 33.3 Å². The van der Waals surface area contributed by atoms with Gasteiger partial charge in [0.2, 0.25) is 11.8 Å². The molecule has 0 aliphatic heterocycles. The van der Waals surface area contributed by atoms with Crippen molar-refractivity contribution in [2.45, 2.75) is 6.18 Å². The molecule has 0 aliphatic carbocycles. The highest BCUT2D eigenvalue weighted by atomic mass is 32.1. The molecule has 0 saturated heterocycles. The van der Waals surface area contributed by atoms with E-state index in [4.69, 9.17) is 0 Å². The number of nitrogens with one attached hydrogen (secondary N) is 2. The van der Waals surface area contributed by atoms with E-state index in [9.17, 15) is 22.4 Å². The van der Waals surface area contributed by atoms with Crippen LogP contribution >= 0.6 is 11.3 Å². The summed E-state index contributed by atoms with van der Waals surface area (Å²) in [5.41, 5.74) is 0. The second-order valence-corrected chi connectivity index (χ2v) is 5.31. The van der Waals surface area contributed by atoms with Gasteiger partial charge in [-0.25, -0.2) is 4.39 Å². The maximum atomic E-state index is 13.5. The number of halogens is 4. The van der Waals surface area contributed by atoms with Crippen molar-refractivity contribution in [1.82, 2.24) is 15.2 Å². The van der Waals surface area contributed by atoms with E-state index in [1.165, 1.54) is 18.2 Å². The molecule has 0 radical (unpaired) electrons. The van der Waals surface area contributed by atoms with Crippen molar-refractivity contribution < 1.29 is 22.4 Å². The zero-order valence-corrected chi connectivity index (χ0v) is 11.3. The van der Waals surface area contributed by atoms with Gasteiger partial charge in [0.05, 0.1) is 4.88 Å². The van der Waals surface area contributed by atoms with Gasteiger partial charge >= 0.3 is 6.18 Å². The Morgan fingerprint density at radius 1 is 1.32 bits per heavy atom. The highest BCUT2D eigenvalue weighted by Gasteiger charge is 2.35. The zero-order chi connectivity index (χ0) is 15.9. The number of thiophene rings is 1. The molecule has 22 heavy (non-hydrogen) atoms. The smallest absolute Gasteiger partial charge is 0.288 e. The lowest BCUT2D eigenvalue weighted by atomic mass is 10.2. The summed E-state index contributed by atoms with van der Waals surface area (Å²) in [4.78, 5) is 15.2. The molecule has 1 amide bonds. The average Bonchev–Trinajstić information content (AvgIpc) is 3.04. The molecular weight excluding hydrogens is 324 g/mol. The van der Waals surface area contributed by atoms with E-state index in [1.54, 1.807) is 11.2 Å². The van der Waals surface area contributed by atoms with Crippen LogP contribution < -0.4 is 5.32 Å². The quantitative estimate of drug-likeness (QED) is 0.707. The lowest BCUT2D eigenvalue weighted by Crippen LogP contribution is -2.12. The molecule has 2 heterocycles. The van der Waals surface area contributed by atoms with E-state index in [1.807, 2.05) is 0 Å². The molecule has 10 heteroatoms. The van der Waals surface area contributed by atoms with Gasteiger partial charge in [-0.05, 0) is 18.2 Å². The Labute approximate surface area is 124 Å². The monoisotopic (exact) mass is 330 g/mol. The first-order valence-corrected chi connectivity index (χ1v) is 6.65. The third-order valence-electron chi connectivity index (χ3n) is 2.71. The molecule has 1 aromatic carbocycles. The molecule has 0 bridgehead atoms. The fraction of sp³-hybridized carbons (Fsp3) is 0.0833. The third kappa shape index (κ3) is 2.64. The van der Waals surface area contributed by atoms with Crippen molar-refractivity contribution in [1.29, 1.82) is 0 Å². The number of carbonyl (C=O) groups is 1. The number of nitrogens with zero attached hydrogens (tertiary/aromatic N) is 2. The maximum Gasteiger partial charge on any atom is 0.451 e. The second kappa shape index (κ2) is 5.05. The fourth-order valence-electron chi connectivity index (χ4n) is 1.74. The number of fused-ring (bicyclic) bond motifs is 1. The Hall–Kier alpha value is -2.49. The van der Waals surface area contributed by atoms with Crippen LogP contribution in [-0.2, 0) is 6.18 Å². The summed E-state index contributed by atoms with van der Waals surface area (Å²) in [5, 5.41) is 7.34. The van der Waals surface area contributed by atoms with Gasteiger partial charge in [0, 0.05) is 10.1 Å². The van der Waals surface area contributed by atoms with Crippen molar-refractivity contribution in [3.05, 3.63) is 40.8 Å². The number of anilines is 1. The predicted molar refractivity (Wildman–Crippen MR) is 71.1 cm³/mol. The minimum Gasteiger partial charge on any atom is -0.288 e. The lowest BCUT2D eigenvalue weighted by molar-refractivity contribution is -0.144. The third-order valence-corrected chi connectivity index (χ3v) is 3.81. The molecule has 3 rings (SSSR count). The fourth-order valence-corrected chi connectivity index (χ4v) is 2.72. The van der Waals surface area contributed by atoms with Gasteiger partial charge in [0.15, 0.2) is 0 Å². The van der Waals surface area contributed by atoms with Gasteiger partial charge in [-0.3, -0.25) is 15.2 Å². The highest BCUT2D eigenvalue weighted by Crippen LogP contribution is 2.29. The summed E-state index contributed by atoms with van der Waals surface area (Å²) in [6, 6.07) is 5.71. The molecule has 3 aromatic rings. The number of aromatic amines is 1. The number of aromatic nitrogens is 3. The number of alkyl halides is 3. The van der Waals surface area contributed by atoms with E-state index in [0.717, 1.165) is 11.3 Å². The molecule has 0 atom stereocenters. The van der Waals surface area contributed by atoms with Gasteiger partial charge in [0.1, 0.15) is 5.82 Å². The molecule has 0 unspecified atom stereocenters. The molecule has 2 aromatic heterocycles. The predicted octanol–water partition coefficient (Wildman–Crippen LogP) is 3.43. The highest BCUT2D eigenvalue weighted by molar-refractivity contribution is 7.20. The average molecular weight is 330 g/mol. The number of carbonyl (C=O) groups excluding carboxylic acids is 1. The van der Waals surface area contributed by atoms with E-state index < -0.39 is 29.7 Å². The van der Waals surface area contributed by atoms with E-state index in [0.29, 0.717) is 4.70 Å². The molecule has 2 N–H and O–H groups in total. The Bertz CT molecular complexity index is 854. The number of rotatable bonds is 2. The topological polar surface area (TPSA) is 70.7 Å². The molecule has 0 saturated carbocycles. The number of benzene rings is 1. The Balaban J connectivity index is 1.84. The van der Waals surface area contributed by atoms with Gasteiger partial charge < -0.3 is 0 Å². The van der Waals surface area contributed by atoms with Crippen molar-refractivity contribution in [2.24, 2.45) is 0 Å². The summed E-state index contributed by atoms with van der Waals surface area (Å²) in [6.07, 6.45) is -4.68. The van der Waals surface area contributed by atoms with E-state index >= 15 is 0 Å². The Kier molecular flexibility index (Phi) is 3.32. The Morgan fingerprint density at radius 2 is 2.09 bits per heavy atom. The van der Waals surface area contributed by atoms with Crippen LogP contribution in [0, 0.1) is 5.82 Å². The number of amides is 1. The summed E-state index contributed by atoms with van der Waals surface area (Å²) >= 11 is 1.01. The number of hydrogen-bond acceptors (Lipinski definition) is 4. The minimum atomic E-state index is -4.68. The van der Waals surface area contributed by atoms with Crippen LogP contribution in [0.4, 0.5) is 23.5 Å². The first-order valence-electron chi connectivity index (χ1n) is 5.83. The van der Waals surface area contributed by atoms with Crippen LogP contribution in [0.5, 0.6) is 0 Å². The second-order valence-electron chi connectivity index (χ2n) is 4.22. The first kappa shape index (κ1) is 14.4. The summed E-state index contributed by atoms with van der Waals surface area (Å²) in [6.45, 7) is 0. The van der Waals surface area contributed by atoms with Gasteiger partial charge in [-0.2, -0.15) is 18.2 Å². The van der Waals surface area contributed by atoms with Crippen LogP contribution in [0.25, 0.3) is 10.1 Å². The van der Waals surface area contributed by atoms with E-state index in [2.05, 4.69) is 15.4 Å². The summed E-state index contributed by atoms with van der Waals surface area (Å²) < 4.78 is 51.2. The molecular formula is C12H6F4N4OS. The minimum absolute atomic E-state index is 0.137. The maximum absolute atomic E-state index is 13.5. The summed E-state index contributed by atoms with van der Waals surface area (Å²) in [5.74, 6) is -3.01.